The first-order chi connectivity index (χ1) is 7.88. The van der Waals surface area contributed by atoms with Crippen molar-refractivity contribution in [1.82, 2.24) is 0 Å². The summed E-state index contributed by atoms with van der Waals surface area (Å²) in [5.41, 5.74) is -0.0515. The summed E-state index contributed by atoms with van der Waals surface area (Å²) in [5, 5.41) is 10.6. The predicted octanol–water partition coefficient (Wildman–Crippen LogP) is 3.10. The van der Waals surface area contributed by atoms with E-state index in [1.54, 1.807) is 13.0 Å². The van der Waals surface area contributed by atoms with Crippen LogP contribution in [0.4, 0.5) is 5.69 Å². The third kappa shape index (κ3) is 4.52. The lowest BCUT2D eigenvalue weighted by Crippen LogP contribution is -2.15. The van der Waals surface area contributed by atoms with E-state index in [1.807, 2.05) is 0 Å². The number of nitro groups is 1. The van der Waals surface area contributed by atoms with Gasteiger partial charge in [0.15, 0.2) is 0 Å². The Hall–Kier alpha value is -1.43. The standard InChI is InChI=1S/C11H12BrNO4/c1-7(14)3-8(2)17-11-5-9(12)4-10(6-11)13(15)16/h4-6,8H,3H2,1-2H3. The summed E-state index contributed by atoms with van der Waals surface area (Å²) in [6.45, 7) is 3.22. The van der Waals surface area contributed by atoms with Crippen LogP contribution in [0.2, 0.25) is 0 Å². The summed E-state index contributed by atoms with van der Waals surface area (Å²) in [4.78, 5) is 21.0. The van der Waals surface area contributed by atoms with Crippen LogP contribution in [0, 0.1) is 10.1 Å². The minimum absolute atomic E-state index is 0.0157. The molecule has 5 nitrogen and oxygen atoms in total. The Morgan fingerprint density at radius 2 is 2.18 bits per heavy atom. The van der Waals surface area contributed by atoms with E-state index < -0.39 is 4.92 Å². The molecule has 0 radical (unpaired) electrons. The van der Waals surface area contributed by atoms with E-state index in [9.17, 15) is 14.9 Å². The fraction of sp³-hybridized carbons (Fsp3) is 0.364. The van der Waals surface area contributed by atoms with Crippen LogP contribution in [0.25, 0.3) is 0 Å². The van der Waals surface area contributed by atoms with Gasteiger partial charge in [-0.3, -0.25) is 14.9 Å². The number of rotatable bonds is 5. The fourth-order valence-corrected chi connectivity index (χ4v) is 1.86. The maximum Gasteiger partial charge on any atom is 0.274 e. The van der Waals surface area contributed by atoms with Crippen molar-refractivity contribution in [3.63, 3.8) is 0 Å². The summed E-state index contributed by atoms with van der Waals surface area (Å²) in [7, 11) is 0. The maximum atomic E-state index is 10.9. The number of ether oxygens (including phenoxy) is 1. The highest BCUT2D eigenvalue weighted by Crippen LogP contribution is 2.27. The van der Waals surface area contributed by atoms with Gasteiger partial charge in [0, 0.05) is 17.0 Å². The van der Waals surface area contributed by atoms with Gasteiger partial charge in [-0.15, -0.1) is 0 Å². The zero-order valence-corrected chi connectivity index (χ0v) is 11.1. The number of carbonyl (C=O) groups is 1. The van der Waals surface area contributed by atoms with E-state index in [-0.39, 0.29) is 24.0 Å². The molecule has 6 heteroatoms. The zero-order valence-electron chi connectivity index (χ0n) is 9.47. The van der Waals surface area contributed by atoms with Gasteiger partial charge in [0.2, 0.25) is 0 Å². The fourth-order valence-electron chi connectivity index (χ4n) is 1.40. The van der Waals surface area contributed by atoms with Crippen LogP contribution >= 0.6 is 15.9 Å². The number of ketones is 1. The molecular formula is C11H12BrNO4. The second-order valence-corrected chi connectivity index (χ2v) is 4.65. The molecule has 17 heavy (non-hydrogen) atoms. The average Bonchev–Trinajstić information content (AvgIpc) is 2.14. The molecule has 0 aromatic heterocycles. The number of non-ortho nitro benzene ring substituents is 1. The molecule has 0 saturated carbocycles. The topological polar surface area (TPSA) is 69.4 Å². The molecule has 1 unspecified atom stereocenters. The largest absolute Gasteiger partial charge is 0.490 e. The van der Waals surface area contributed by atoms with Crippen LogP contribution in [0.1, 0.15) is 20.3 Å². The number of halogens is 1. The Morgan fingerprint density at radius 3 is 2.71 bits per heavy atom. The summed E-state index contributed by atoms with van der Waals surface area (Å²) in [5.74, 6) is 0.391. The molecule has 0 spiro atoms. The van der Waals surface area contributed by atoms with Crippen LogP contribution in [0.15, 0.2) is 22.7 Å². The average molecular weight is 302 g/mol. The van der Waals surface area contributed by atoms with Gasteiger partial charge in [0.25, 0.3) is 5.69 Å². The van der Waals surface area contributed by atoms with Crippen molar-refractivity contribution < 1.29 is 14.5 Å². The van der Waals surface area contributed by atoms with Crippen molar-refractivity contribution >= 4 is 27.4 Å². The van der Waals surface area contributed by atoms with E-state index in [2.05, 4.69) is 15.9 Å². The van der Waals surface area contributed by atoms with E-state index >= 15 is 0 Å². The molecule has 0 saturated heterocycles. The molecular weight excluding hydrogens is 290 g/mol. The van der Waals surface area contributed by atoms with Crippen LogP contribution in [-0.4, -0.2) is 16.8 Å². The zero-order chi connectivity index (χ0) is 13.0. The second-order valence-electron chi connectivity index (χ2n) is 3.74. The Labute approximate surface area is 107 Å². The Morgan fingerprint density at radius 1 is 1.53 bits per heavy atom. The Kier molecular flexibility index (Phi) is 4.62. The third-order valence-corrected chi connectivity index (χ3v) is 2.44. The van der Waals surface area contributed by atoms with Crippen molar-refractivity contribution in [2.24, 2.45) is 0 Å². The van der Waals surface area contributed by atoms with Gasteiger partial charge in [-0.25, -0.2) is 0 Å². The summed E-state index contributed by atoms with van der Waals surface area (Å²) in [6.07, 6.45) is -0.0262. The van der Waals surface area contributed by atoms with Gasteiger partial charge < -0.3 is 4.74 Å². The number of nitro benzene ring substituents is 1. The predicted molar refractivity (Wildman–Crippen MR) is 66.2 cm³/mol. The molecule has 1 atom stereocenters. The Balaban J connectivity index is 2.84. The summed E-state index contributed by atoms with van der Waals surface area (Å²) in [6, 6.07) is 4.35. The number of hydrogen-bond acceptors (Lipinski definition) is 4. The first-order valence-electron chi connectivity index (χ1n) is 4.99. The molecule has 0 heterocycles. The highest BCUT2D eigenvalue weighted by Gasteiger charge is 2.12. The van der Waals surface area contributed by atoms with Gasteiger partial charge in [-0.05, 0) is 19.9 Å². The lowest BCUT2D eigenvalue weighted by atomic mass is 10.2. The number of benzene rings is 1. The normalized spacial score (nSPS) is 11.9. The van der Waals surface area contributed by atoms with E-state index in [4.69, 9.17) is 4.74 Å². The van der Waals surface area contributed by atoms with Crippen LogP contribution in [0.5, 0.6) is 5.75 Å². The van der Waals surface area contributed by atoms with Crippen LogP contribution in [0.3, 0.4) is 0 Å². The van der Waals surface area contributed by atoms with E-state index in [0.717, 1.165) is 0 Å². The molecule has 1 aromatic rings. The third-order valence-electron chi connectivity index (χ3n) is 1.98. The van der Waals surface area contributed by atoms with E-state index in [0.29, 0.717) is 10.2 Å². The summed E-state index contributed by atoms with van der Waals surface area (Å²) < 4.78 is 6.01. The molecule has 0 aliphatic rings. The van der Waals surface area contributed by atoms with Crippen molar-refractivity contribution in [2.75, 3.05) is 0 Å². The highest BCUT2D eigenvalue weighted by atomic mass is 79.9. The molecule has 0 bridgehead atoms. The molecule has 0 aliphatic heterocycles. The van der Waals surface area contributed by atoms with Crippen LogP contribution < -0.4 is 4.74 Å². The number of carbonyl (C=O) groups excluding carboxylic acids is 1. The molecule has 1 aromatic carbocycles. The van der Waals surface area contributed by atoms with Gasteiger partial charge in [0.05, 0.1) is 11.0 Å². The van der Waals surface area contributed by atoms with Gasteiger partial charge in [-0.1, -0.05) is 15.9 Å². The molecule has 1 rings (SSSR count). The Bertz CT molecular complexity index is 447. The SMILES string of the molecule is CC(=O)CC(C)Oc1cc(Br)cc([N+](=O)[O-])c1. The molecule has 92 valence electrons. The molecule has 0 aliphatic carbocycles. The minimum atomic E-state index is -0.493. The second kappa shape index (κ2) is 5.77. The summed E-state index contributed by atoms with van der Waals surface area (Å²) >= 11 is 3.17. The quantitative estimate of drug-likeness (QED) is 0.619. The molecule has 0 fully saturated rings. The smallest absolute Gasteiger partial charge is 0.274 e. The first kappa shape index (κ1) is 13.6. The van der Waals surface area contributed by atoms with Crippen molar-refractivity contribution in [3.05, 3.63) is 32.8 Å². The first-order valence-corrected chi connectivity index (χ1v) is 5.79. The van der Waals surface area contributed by atoms with Gasteiger partial charge >= 0.3 is 0 Å². The lowest BCUT2D eigenvalue weighted by molar-refractivity contribution is -0.385. The van der Waals surface area contributed by atoms with Gasteiger partial charge in [-0.2, -0.15) is 0 Å². The van der Waals surface area contributed by atoms with Crippen molar-refractivity contribution in [2.45, 2.75) is 26.4 Å². The van der Waals surface area contributed by atoms with Gasteiger partial charge in [0.1, 0.15) is 17.6 Å². The molecule has 0 N–H and O–H groups in total. The van der Waals surface area contributed by atoms with Crippen LogP contribution in [-0.2, 0) is 4.79 Å². The number of hydrogen-bond donors (Lipinski definition) is 0. The minimum Gasteiger partial charge on any atom is -0.490 e. The van der Waals surface area contributed by atoms with E-state index in [1.165, 1.54) is 19.1 Å². The van der Waals surface area contributed by atoms with Crippen molar-refractivity contribution in [1.29, 1.82) is 0 Å². The highest BCUT2D eigenvalue weighted by molar-refractivity contribution is 9.10. The number of nitrogens with zero attached hydrogens (tertiary/aromatic N) is 1. The monoisotopic (exact) mass is 301 g/mol. The number of Topliss-reactive ketones (excluding diaryl/α,β-unsaturated/α-hetero) is 1. The maximum absolute atomic E-state index is 10.9. The molecule has 0 amide bonds. The lowest BCUT2D eigenvalue weighted by Gasteiger charge is -2.13. The van der Waals surface area contributed by atoms with Crippen molar-refractivity contribution in [3.8, 4) is 5.75 Å².